The van der Waals surface area contributed by atoms with E-state index in [0.29, 0.717) is 29.1 Å². The fraction of sp³-hybridized carbons (Fsp3) is 0.312. The number of rotatable bonds is 5. The Hall–Kier alpha value is -2.16. The number of nitriles is 1. The second-order valence-electron chi connectivity index (χ2n) is 5.36. The highest BCUT2D eigenvalue weighted by Gasteiger charge is 2.27. The molecule has 22 heavy (non-hydrogen) atoms. The van der Waals surface area contributed by atoms with Gasteiger partial charge in [-0.2, -0.15) is 10.2 Å². The highest BCUT2D eigenvalue weighted by atomic mass is 35.5. The smallest absolute Gasteiger partial charge is 0.233 e. The summed E-state index contributed by atoms with van der Waals surface area (Å²) in [5.41, 5.74) is 1.92. The molecule has 2 aromatic rings. The number of halogens is 1. The Bertz CT molecular complexity index is 677. The van der Waals surface area contributed by atoms with E-state index in [4.69, 9.17) is 21.6 Å². The molecule has 0 bridgehead atoms. The van der Waals surface area contributed by atoms with Crippen LogP contribution in [0.4, 0.5) is 0 Å². The van der Waals surface area contributed by atoms with E-state index in [1.165, 1.54) is 11.8 Å². The summed E-state index contributed by atoms with van der Waals surface area (Å²) in [5, 5.41) is 9.12. The molecule has 3 rings (SSSR count). The van der Waals surface area contributed by atoms with E-state index in [1.54, 1.807) is 6.20 Å². The lowest BCUT2D eigenvalue weighted by Gasteiger charge is -2.38. The van der Waals surface area contributed by atoms with Crippen molar-refractivity contribution >= 4 is 11.6 Å². The molecule has 0 atom stereocenters. The molecule has 5 nitrogen and oxygen atoms in total. The molecule has 1 aliphatic heterocycles. The summed E-state index contributed by atoms with van der Waals surface area (Å²) in [6.45, 7) is 3.51. The van der Waals surface area contributed by atoms with Gasteiger partial charge in [0.1, 0.15) is 0 Å². The molecule has 1 fully saturated rings. The monoisotopic (exact) mass is 314 g/mol. The van der Waals surface area contributed by atoms with Crippen LogP contribution in [0, 0.1) is 17.2 Å². The minimum absolute atomic E-state index is 0.341. The number of hydrogen-bond acceptors (Lipinski definition) is 5. The van der Waals surface area contributed by atoms with Crippen molar-refractivity contribution in [3.05, 3.63) is 52.9 Å². The maximum Gasteiger partial charge on any atom is 0.233 e. The average molecular weight is 315 g/mol. The third-order valence-electron chi connectivity index (χ3n) is 3.57. The standard InChI is InChI=1S/C16H15ClN4O/c17-15-6-19-7-16(20-15)22-11-14-9-21(10-14)8-13-3-1-12(5-18)2-4-13/h1-4,6-7,14H,8-11H2. The van der Waals surface area contributed by atoms with E-state index in [-0.39, 0.29) is 0 Å². The summed E-state index contributed by atoms with van der Waals surface area (Å²) in [7, 11) is 0. The first kappa shape index (κ1) is 14.8. The number of nitrogens with zero attached hydrogens (tertiary/aromatic N) is 4. The molecule has 112 valence electrons. The van der Waals surface area contributed by atoms with Crippen LogP contribution in [0.15, 0.2) is 36.7 Å². The molecule has 0 aliphatic carbocycles. The zero-order valence-electron chi connectivity index (χ0n) is 11.9. The Labute approximate surface area is 134 Å². The highest BCUT2D eigenvalue weighted by Crippen LogP contribution is 2.20. The molecule has 1 aromatic heterocycles. The van der Waals surface area contributed by atoms with Gasteiger partial charge in [-0.1, -0.05) is 23.7 Å². The maximum absolute atomic E-state index is 8.78. The van der Waals surface area contributed by atoms with Crippen molar-refractivity contribution in [3.8, 4) is 11.9 Å². The Morgan fingerprint density at radius 2 is 2.05 bits per heavy atom. The molecule has 1 aliphatic rings. The summed E-state index contributed by atoms with van der Waals surface area (Å²) >= 11 is 5.76. The first-order valence-electron chi connectivity index (χ1n) is 7.04. The number of benzene rings is 1. The summed E-state index contributed by atoms with van der Waals surface area (Å²) in [6.07, 6.45) is 3.05. The van der Waals surface area contributed by atoms with E-state index < -0.39 is 0 Å². The second kappa shape index (κ2) is 6.73. The summed E-state index contributed by atoms with van der Waals surface area (Å²) < 4.78 is 5.60. The van der Waals surface area contributed by atoms with Gasteiger partial charge in [0.05, 0.1) is 30.6 Å². The van der Waals surface area contributed by atoms with Crippen molar-refractivity contribution in [2.24, 2.45) is 5.92 Å². The van der Waals surface area contributed by atoms with Crippen LogP contribution >= 0.6 is 11.6 Å². The van der Waals surface area contributed by atoms with Crippen LogP contribution in [0.3, 0.4) is 0 Å². The van der Waals surface area contributed by atoms with Gasteiger partial charge in [-0.05, 0) is 17.7 Å². The van der Waals surface area contributed by atoms with Gasteiger partial charge in [-0.25, -0.2) is 0 Å². The van der Waals surface area contributed by atoms with E-state index in [1.807, 2.05) is 24.3 Å². The van der Waals surface area contributed by atoms with Crippen LogP contribution in [0.25, 0.3) is 0 Å². The zero-order valence-corrected chi connectivity index (χ0v) is 12.7. The molecule has 0 spiro atoms. The first-order valence-corrected chi connectivity index (χ1v) is 7.42. The van der Waals surface area contributed by atoms with Gasteiger partial charge in [0, 0.05) is 25.6 Å². The molecule has 0 N–H and O–H groups in total. The van der Waals surface area contributed by atoms with E-state index >= 15 is 0 Å². The number of hydrogen-bond donors (Lipinski definition) is 0. The lowest BCUT2D eigenvalue weighted by atomic mass is 10.00. The molecule has 1 saturated heterocycles. The minimum atomic E-state index is 0.341. The summed E-state index contributed by atoms with van der Waals surface area (Å²) in [6, 6.07) is 9.85. The van der Waals surface area contributed by atoms with Crippen LogP contribution in [0.1, 0.15) is 11.1 Å². The third kappa shape index (κ3) is 3.73. The van der Waals surface area contributed by atoms with E-state index in [2.05, 4.69) is 20.9 Å². The molecular weight excluding hydrogens is 300 g/mol. The van der Waals surface area contributed by atoms with Crippen molar-refractivity contribution < 1.29 is 4.74 Å². The van der Waals surface area contributed by atoms with Gasteiger partial charge in [0.2, 0.25) is 5.88 Å². The molecular formula is C16H15ClN4O. The maximum atomic E-state index is 8.78. The van der Waals surface area contributed by atoms with Crippen LogP contribution in [-0.4, -0.2) is 34.6 Å². The largest absolute Gasteiger partial charge is 0.476 e. The van der Waals surface area contributed by atoms with Crippen molar-refractivity contribution in [1.82, 2.24) is 14.9 Å². The van der Waals surface area contributed by atoms with Gasteiger partial charge >= 0.3 is 0 Å². The Morgan fingerprint density at radius 1 is 1.27 bits per heavy atom. The van der Waals surface area contributed by atoms with Crippen LogP contribution in [0.5, 0.6) is 5.88 Å². The van der Waals surface area contributed by atoms with Crippen LogP contribution in [0.2, 0.25) is 5.15 Å². The predicted molar refractivity (Wildman–Crippen MR) is 82.5 cm³/mol. The number of likely N-dealkylation sites (tertiary alicyclic amines) is 1. The van der Waals surface area contributed by atoms with E-state index in [0.717, 1.165) is 19.6 Å². The van der Waals surface area contributed by atoms with Crippen LogP contribution in [-0.2, 0) is 6.54 Å². The normalized spacial score (nSPS) is 15.1. The fourth-order valence-corrected chi connectivity index (χ4v) is 2.59. The highest BCUT2D eigenvalue weighted by molar-refractivity contribution is 6.29. The SMILES string of the molecule is N#Cc1ccc(CN2CC(COc3cncc(Cl)n3)C2)cc1. The summed E-state index contributed by atoms with van der Waals surface area (Å²) in [5.74, 6) is 0.970. The Morgan fingerprint density at radius 3 is 2.73 bits per heavy atom. The second-order valence-corrected chi connectivity index (χ2v) is 5.75. The topological polar surface area (TPSA) is 62.0 Å². The van der Waals surface area contributed by atoms with Crippen molar-refractivity contribution in [1.29, 1.82) is 5.26 Å². The van der Waals surface area contributed by atoms with Crippen molar-refractivity contribution in [3.63, 3.8) is 0 Å². The van der Waals surface area contributed by atoms with Crippen molar-refractivity contribution in [2.75, 3.05) is 19.7 Å². The fourth-order valence-electron chi connectivity index (χ4n) is 2.45. The average Bonchev–Trinajstić information content (AvgIpc) is 2.50. The zero-order chi connectivity index (χ0) is 15.4. The van der Waals surface area contributed by atoms with Crippen LogP contribution < -0.4 is 4.74 Å². The lowest BCUT2D eigenvalue weighted by Crippen LogP contribution is -2.48. The lowest BCUT2D eigenvalue weighted by molar-refractivity contribution is 0.0543. The quantitative estimate of drug-likeness (QED) is 0.848. The Balaban J connectivity index is 1.41. The number of aromatic nitrogens is 2. The Kier molecular flexibility index (Phi) is 4.52. The van der Waals surface area contributed by atoms with Gasteiger partial charge in [0.15, 0.2) is 5.15 Å². The molecule has 0 radical (unpaired) electrons. The molecule has 0 amide bonds. The van der Waals surface area contributed by atoms with E-state index in [9.17, 15) is 0 Å². The van der Waals surface area contributed by atoms with Gasteiger partial charge in [-0.15, -0.1) is 0 Å². The molecule has 2 heterocycles. The minimum Gasteiger partial charge on any atom is -0.476 e. The van der Waals surface area contributed by atoms with Crippen molar-refractivity contribution in [2.45, 2.75) is 6.54 Å². The van der Waals surface area contributed by atoms with Gasteiger partial charge in [0.25, 0.3) is 0 Å². The third-order valence-corrected chi connectivity index (χ3v) is 3.75. The number of ether oxygens (including phenoxy) is 1. The molecule has 1 aromatic carbocycles. The van der Waals surface area contributed by atoms with Gasteiger partial charge in [-0.3, -0.25) is 9.88 Å². The summed E-state index contributed by atoms with van der Waals surface area (Å²) in [4.78, 5) is 10.3. The van der Waals surface area contributed by atoms with Gasteiger partial charge < -0.3 is 4.74 Å². The predicted octanol–water partition coefficient (Wildman–Crippen LogP) is 2.51. The first-order chi connectivity index (χ1) is 10.7. The molecule has 0 unspecified atom stereocenters. The molecule has 0 saturated carbocycles. The molecule has 6 heteroatoms.